The molecule has 7 nitrogen and oxygen atoms in total. The molecule has 0 unspecified atom stereocenters. The van der Waals surface area contributed by atoms with Gasteiger partial charge in [0, 0.05) is 18.4 Å². The first-order chi connectivity index (χ1) is 11.6. The van der Waals surface area contributed by atoms with E-state index < -0.39 is 0 Å². The van der Waals surface area contributed by atoms with Crippen molar-refractivity contribution in [1.29, 1.82) is 0 Å². The van der Waals surface area contributed by atoms with Gasteiger partial charge in [-0.1, -0.05) is 12.8 Å². The van der Waals surface area contributed by atoms with Crippen molar-refractivity contribution < 1.29 is 9.59 Å². The molecule has 0 aromatic carbocycles. The third kappa shape index (κ3) is 3.94. The number of amides is 2. The summed E-state index contributed by atoms with van der Waals surface area (Å²) in [6.45, 7) is 1.74. The molecule has 0 bridgehead atoms. The molecule has 0 radical (unpaired) electrons. The summed E-state index contributed by atoms with van der Waals surface area (Å²) in [5, 5.41) is 6.19. The zero-order valence-corrected chi connectivity index (χ0v) is 14.2. The van der Waals surface area contributed by atoms with Gasteiger partial charge in [-0.15, -0.1) is 11.3 Å². The predicted octanol–water partition coefficient (Wildman–Crippen LogP) is 1.70. The van der Waals surface area contributed by atoms with E-state index in [1.54, 1.807) is 25.4 Å². The van der Waals surface area contributed by atoms with Gasteiger partial charge in [-0.05, 0) is 25.8 Å². The molecule has 0 atom stereocenters. The summed E-state index contributed by atoms with van der Waals surface area (Å²) < 4.78 is 0. The molecule has 1 aliphatic carbocycles. The summed E-state index contributed by atoms with van der Waals surface area (Å²) in [5.41, 5.74) is 0.608. The topological polar surface area (TPSA) is 96.9 Å². The van der Waals surface area contributed by atoms with Gasteiger partial charge in [-0.25, -0.2) is 15.0 Å². The van der Waals surface area contributed by atoms with E-state index in [2.05, 4.69) is 25.6 Å². The van der Waals surface area contributed by atoms with Crippen molar-refractivity contribution in [2.24, 2.45) is 0 Å². The zero-order chi connectivity index (χ0) is 16.9. The van der Waals surface area contributed by atoms with Gasteiger partial charge < -0.3 is 10.6 Å². The molecule has 3 rings (SSSR count). The van der Waals surface area contributed by atoms with Crippen LogP contribution in [0, 0.1) is 6.92 Å². The molecule has 126 valence electrons. The fraction of sp³-hybridized carbons (Fsp3) is 0.438. The Labute approximate surface area is 143 Å². The number of carbonyl (C=O) groups excluding carboxylic acids is 2. The monoisotopic (exact) mass is 345 g/mol. The molecule has 2 aromatic heterocycles. The largest absolute Gasteiger partial charge is 0.352 e. The van der Waals surface area contributed by atoms with Gasteiger partial charge in [-0.3, -0.25) is 9.59 Å². The molecule has 1 fully saturated rings. The third-order valence-corrected chi connectivity index (χ3v) is 5.04. The maximum atomic E-state index is 12.3. The number of hydrogen-bond donors (Lipinski definition) is 2. The Morgan fingerprint density at radius 3 is 2.67 bits per heavy atom. The maximum Gasteiger partial charge on any atom is 0.263 e. The number of hydrogen-bond acceptors (Lipinski definition) is 6. The Hall–Kier alpha value is -2.35. The molecule has 0 aliphatic heterocycles. The van der Waals surface area contributed by atoms with Gasteiger partial charge in [-0.2, -0.15) is 0 Å². The number of aromatic nitrogens is 3. The highest BCUT2D eigenvalue weighted by molar-refractivity contribution is 7.17. The van der Waals surface area contributed by atoms with Crippen LogP contribution in [0.4, 0.5) is 0 Å². The van der Waals surface area contributed by atoms with E-state index in [0.29, 0.717) is 21.4 Å². The van der Waals surface area contributed by atoms with Gasteiger partial charge in [0.05, 0.1) is 12.2 Å². The van der Waals surface area contributed by atoms with Gasteiger partial charge in [0.2, 0.25) is 5.91 Å². The van der Waals surface area contributed by atoms with Crippen LogP contribution in [0.2, 0.25) is 0 Å². The SMILES string of the molecule is Cc1nc(-c2ncccn2)sc1C(=O)NCC(=O)NC1CCCC1. The molecular weight excluding hydrogens is 326 g/mol. The van der Waals surface area contributed by atoms with Crippen LogP contribution in [-0.4, -0.2) is 39.4 Å². The lowest BCUT2D eigenvalue weighted by Gasteiger charge is -2.12. The molecule has 2 heterocycles. The third-order valence-electron chi connectivity index (χ3n) is 3.89. The van der Waals surface area contributed by atoms with E-state index in [-0.39, 0.29) is 24.4 Å². The van der Waals surface area contributed by atoms with Gasteiger partial charge in [0.15, 0.2) is 10.8 Å². The van der Waals surface area contributed by atoms with Crippen LogP contribution >= 0.6 is 11.3 Å². The lowest BCUT2D eigenvalue weighted by atomic mass is 10.2. The van der Waals surface area contributed by atoms with Crippen molar-refractivity contribution >= 4 is 23.2 Å². The fourth-order valence-electron chi connectivity index (χ4n) is 2.70. The van der Waals surface area contributed by atoms with Crippen LogP contribution < -0.4 is 10.6 Å². The number of thiazole rings is 1. The normalized spacial score (nSPS) is 14.5. The highest BCUT2D eigenvalue weighted by Gasteiger charge is 2.20. The molecule has 2 N–H and O–H groups in total. The van der Waals surface area contributed by atoms with E-state index in [1.165, 1.54) is 11.3 Å². The Morgan fingerprint density at radius 1 is 1.25 bits per heavy atom. The molecule has 24 heavy (non-hydrogen) atoms. The summed E-state index contributed by atoms with van der Waals surface area (Å²) in [6.07, 6.45) is 7.61. The molecular formula is C16H19N5O2S. The summed E-state index contributed by atoms with van der Waals surface area (Å²) in [4.78, 5) is 37.3. The average Bonchev–Trinajstić information content (AvgIpc) is 3.23. The van der Waals surface area contributed by atoms with Crippen LogP contribution in [0.5, 0.6) is 0 Å². The van der Waals surface area contributed by atoms with Gasteiger partial charge >= 0.3 is 0 Å². The van der Waals surface area contributed by atoms with Gasteiger partial charge in [0.1, 0.15) is 4.88 Å². The minimum Gasteiger partial charge on any atom is -0.352 e. The molecule has 1 saturated carbocycles. The molecule has 1 aliphatic rings. The van der Waals surface area contributed by atoms with E-state index in [1.807, 2.05) is 0 Å². The lowest BCUT2D eigenvalue weighted by molar-refractivity contribution is -0.120. The van der Waals surface area contributed by atoms with Crippen molar-refractivity contribution in [3.8, 4) is 10.8 Å². The van der Waals surface area contributed by atoms with Crippen LogP contribution in [0.3, 0.4) is 0 Å². The second-order valence-electron chi connectivity index (χ2n) is 5.74. The number of aryl methyl sites for hydroxylation is 1. The maximum absolute atomic E-state index is 12.3. The molecule has 2 aromatic rings. The van der Waals surface area contributed by atoms with Crippen LogP contribution in [0.25, 0.3) is 10.8 Å². The molecule has 8 heteroatoms. The van der Waals surface area contributed by atoms with Crippen LogP contribution in [-0.2, 0) is 4.79 Å². The average molecular weight is 345 g/mol. The Bertz CT molecular complexity index is 725. The quantitative estimate of drug-likeness (QED) is 0.860. The number of nitrogens with one attached hydrogen (secondary N) is 2. The van der Waals surface area contributed by atoms with E-state index in [9.17, 15) is 9.59 Å². The Morgan fingerprint density at radius 2 is 1.96 bits per heavy atom. The zero-order valence-electron chi connectivity index (χ0n) is 13.4. The first kappa shape index (κ1) is 16.5. The summed E-state index contributed by atoms with van der Waals surface area (Å²) in [6, 6.07) is 1.97. The minimum atomic E-state index is -0.297. The predicted molar refractivity (Wildman–Crippen MR) is 90.6 cm³/mol. The van der Waals surface area contributed by atoms with E-state index in [4.69, 9.17) is 0 Å². The van der Waals surface area contributed by atoms with Crippen molar-refractivity contribution in [3.63, 3.8) is 0 Å². The second kappa shape index (κ2) is 7.48. The smallest absolute Gasteiger partial charge is 0.263 e. The van der Waals surface area contributed by atoms with Crippen molar-refractivity contribution in [2.75, 3.05) is 6.54 Å². The fourth-order valence-corrected chi connectivity index (χ4v) is 3.63. The molecule has 0 spiro atoms. The first-order valence-corrected chi connectivity index (χ1v) is 8.77. The van der Waals surface area contributed by atoms with Crippen molar-refractivity contribution in [1.82, 2.24) is 25.6 Å². The Balaban J connectivity index is 1.59. The van der Waals surface area contributed by atoms with Crippen LogP contribution in [0.15, 0.2) is 18.5 Å². The molecule has 2 amide bonds. The van der Waals surface area contributed by atoms with Crippen molar-refractivity contribution in [2.45, 2.75) is 38.6 Å². The minimum absolute atomic E-state index is 0.0240. The Kier molecular flexibility index (Phi) is 5.14. The number of rotatable bonds is 5. The number of nitrogens with zero attached hydrogens (tertiary/aromatic N) is 3. The summed E-state index contributed by atoms with van der Waals surface area (Å²) in [5.74, 6) is 0.0430. The highest BCUT2D eigenvalue weighted by atomic mass is 32.1. The van der Waals surface area contributed by atoms with E-state index in [0.717, 1.165) is 25.7 Å². The van der Waals surface area contributed by atoms with Gasteiger partial charge in [0.25, 0.3) is 5.91 Å². The molecule has 0 saturated heterocycles. The summed E-state index contributed by atoms with van der Waals surface area (Å²) >= 11 is 1.23. The number of carbonyl (C=O) groups is 2. The highest BCUT2D eigenvalue weighted by Crippen LogP contribution is 2.24. The van der Waals surface area contributed by atoms with E-state index >= 15 is 0 Å². The first-order valence-electron chi connectivity index (χ1n) is 7.96. The standard InChI is InChI=1S/C16H19N5O2S/c1-10-13(24-16(20-10)14-17-7-4-8-18-14)15(23)19-9-12(22)21-11-5-2-3-6-11/h4,7-8,11H,2-3,5-6,9H2,1H3,(H,19,23)(H,21,22). The lowest BCUT2D eigenvalue weighted by Crippen LogP contribution is -2.40. The second-order valence-corrected chi connectivity index (χ2v) is 6.74. The summed E-state index contributed by atoms with van der Waals surface area (Å²) in [7, 11) is 0. The van der Waals surface area contributed by atoms with Crippen LogP contribution in [0.1, 0.15) is 41.0 Å². The van der Waals surface area contributed by atoms with Crippen molar-refractivity contribution in [3.05, 3.63) is 29.0 Å².